The summed E-state index contributed by atoms with van der Waals surface area (Å²) in [5.41, 5.74) is -0.952. The number of unbranched alkanes of at least 4 members (excludes halogenated alkanes) is 8. The Labute approximate surface area is 165 Å². The Morgan fingerprint density at radius 3 is 1.59 bits per heavy atom. The van der Waals surface area contributed by atoms with E-state index in [4.69, 9.17) is 10.1 Å². The molecule has 162 valence electrons. The molecule has 0 amide bonds. The average Bonchev–Trinajstić information content (AvgIpc) is 2.57. The van der Waals surface area contributed by atoms with Crippen LogP contribution in [-0.2, 0) is 24.3 Å². The maximum atomic E-state index is 11.2. The molecule has 0 heterocycles. The molecule has 0 fully saturated rings. The molecule has 0 saturated heterocycles. The van der Waals surface area contributed by atoms with Gasteiger partial charge in [0.25, 0.3) is 0 Å². The van der Waals surface area contributed by atoms with E-state index in [2.05, 4.69) is 16.7 Å². The van der Waals surface area contributed by atoms with Crippen LogP contribution in [0.2, 0.25) is 0 Å². The largest absolute Gasteiger partial charge is 0.347 e. The molecule has 6 heteroatoms. The van der Waals surface area contributed by atoms with Gasteiger partial charge in [0, 0.05) is 6.42 Å². The monoisotopic (exact) mass is 390 g/mol. The van der Waals surface area contributed by atoms with Crippen LogP contribution in [-0.4, -0.2) is 22.8 Å². The molecule has 0 aliphatic heterocycles. The number of rotatable bonds is 11. The SMILES string of the molecule is CC(C)(C)OOC(=O)C(C)(C)C.CCCCCCCCCCCC(=O)OO. The fourth-order valence-electron chi connectivity index (χ4n) is 1.91. The Kier molecular flexibility index (Phi) is 16.5. The van der Waals surface area contributed by atoms with Crippen LogP contribution in [0.5, 0.6) is 0 Å². The van der Waals surface area contributed by atoms with Crippen molar-refractivity contribution in [2.24, 2.45) is 5.41 Å². The summed E-state index contributed by atoms with van der Waals surface area (Å²) in [6.07, 6.45) is 11.3. The zero-order chi connectivity index (χ0) is 21.3. The second-order valence-corrected chi connectivity index (χ2v) is 8.86. The molecule has 0 atom stereocenters. The Morgan fingerprint density at radius 2 is 1.22 bits per heavy atom. The first kappa shape index (κ1) is 28.1. The maximum absolute atomic E-state index is 11.2. The molecule has 1 N–H and O–H groups in total. The lowest BCUT2D eigenvalue weighted by Gasteiger charge is -2.20. The van der Waals surface area contributed by atoms with E-state index in [1.54, 1.807) is 20.8 Å². The topological polar surface area (TPSA) is 82.1 Å². The molecule has 0 aromatic carbocycles. The molecule has 6 nitrogen and oxygen atoms in total. The molecule has 27 heavy (non-hydrogen) atoms. The Balaban J connectivity index is 0. The highest BCUT2D eigenvalue weighted by atomic mass is 17.2. The van der Waals surface area contributed by atoms with Crippen molar-refractivity contribution in [1.29, 1.82) is 0 Å². The van der Waals surface area contributed by atoms with E-state index in [0.29, 0.717) is 6.42 Å². The highest BCUT2D eigenvalue weighted by molar-refractivity contribution is 5.74. The van der Waals surface area contributed by atoms with Gasteiger partial charge >= 0.3 is 11.9 Å². The van der Waals surface area contributed by atoms with Crippen LogP contribution in [0.3, 0.4) is 0 Å². The van der Waals surface area contributed by atoms with Crippen LogP contribution in [0.15, 0.2) is 0 Å². The van der Waals surface area contributed by atoms with Gasteiger partial charge in [-0.2, -0.15) is 10.1 Å². The molecule has 0 aromatic rings. The lowest BCUT2D eigenvalue weighted by Crippen LogP contribution is -2.28. The fraction of sp³-hybridized carbons (Fsp3) is 0.905. The van der Waals surface area contributed by atoms with Gasteiger partial charge in [-0.25, -0.2) is 9.59 Å². The summed E-state index contributed by atoms with van der Waals surface area (Å²) >= 11 is 0. The molecule has 0 bridgehead atoms. The smallest absolute Gasteiger partial charge is 0.301 e. The third kappa shape index (κ3) is 22.8. The molecule has 0 radical (unpaired) electrons. The summed E-state index contributed by atoms with van der Waals surface area (Å²) in [6.45, 7) is 13.0. The summed E-state index contributed by atoms with van der Waals surface area (Å²) in [5.74, 6) is -0.865. The standard InChI is InChI=1S/C12H24O3.C9H18O3/c1-2-3-4-5-6-7-8-9-10-11-12(13)15-14;1-8(2,3)7(10)11-12-9(4,5)6/h14H,2-11H2,1H3;1-6H3. The average molecular weight is 391 g/mol. The zero-order valence-corrected chi connectivity index (χ0v) is 18.6. The summed E-state index contributed by atoms with van der Waals surface area (Å²) in [7, 11) is 0. The van der Waals surface area contributed by atoms with Crippen LogP contribution < -0.4 is 0 Å². The van der Waals surface area contributed by atoms with Crippen LogP contribution in [0, 0.1) is 5.41 Å². The first-order valence-corrected chi connectivity index (χ1v) is 10.2. The molecule has 0 aliphatic rings. The van der Waals surface area contributed by atoms with Crippen molar-refractivity contribution in [3.63, 3.8) is 0 Å². The van der Waals surface area contributed by atoms with Crippen molar-refractivity contribution in [1.82, 2.24) is 0 Å². The lowest BCUT2D eigenvalue weighted by molar-refractivity contribution is -0.325. The molecule has 0 aliphatic carbocycles. The van der Waals surface area contributed by atoms with Gasteiger partial charge in [-0.3, -0.25) is 4.89 Å². The van der Waals surface area contributed by atoms with Crippen molar-refractivity contribution in [3.05, 3.63) is 0 Å². The zero-order valence-electron chi connectivity index (χ0n) is 18.6. The van der Waals surface area contributed by atoms with Crippen molar-refractivity contribution in [3.8, 4) is 0 Å². The van der Waals surface area contributed by atoms with Gasteiger partial charge in [-0.15, -0.1) is 0 Å². The fourth-order valence-corrected chi connectivity index (χ4v) is 1.91. The molecule has 0 unspecified atom stereocenters. The Hall–Kier alpha value is -1.14. The minimum atomic E-state index is -0.516. The van der Waals surface area contributed by atoms with Crippen LogP contribution >= 0.6 is 0 Å². The molecular formula is C21H42O6. The molecule has 0 saturated carbocycles. The summed E-state index contributed by atoms with van der Waals surface area (Å²) in [4.78, 5) is 34.8. The lowest BCUT2D eigenvalue weighted by atomic mass is 9.98. The van der Waals surface area contributed by atoms with E-state index in [-0.39, 0.29) is 5.97 Å². The molecule has 0 spiro atoms. The summed E-state index contributed by atoms with van der Waals surface area (Å²) < 4.78 is 0. The number of hydrogen-bond acceptors (Lipinski definition) is 6. The maximum Gasteiger partial charge on any atom is 0.347 e. The second-order valence-electron chi connectivity index (χ2n) is 8.86. The van der Waals surface area contributed by atoms with Crippen molar-refractivity contribution in [2.45, 2.75) is 118 Å². The second kappa shape index (κ2) is 15.9. The van der Waals surface area contributed by atoms with Crippen molar-refractivity contribution >= 4 is 11.9 Å². The summed E-state index contributed by atoms with van der Waals surface area (Å²) in [6, 6.07) is 0. The van der Waals surface area contributed by atoms with Gasteiger partial charge in [0.05, 0.1) is 5.41 Å². The summed E-state index contributed by atoms with van der Waals surface area (Å²) in [5, 5.41) is 8.01. The first-order chi connectivity index (χ1) is 12.4. The number of carbonyl (C=O) groups is 2. The van der Waals surface area contributed by atoms with Crippen LogP contribution in [0.1, 0.15) is 113 Å². The minimum absolute atomic E-state index is 0.340. The first-order valence-electron chi connectivity index (χ1n) is 10.2. The predicted octanol–water partition coefficient (Wildman–Crippen LogP) is 6.23. The van der Waals surface area contributed by atoms with Gasteiger partial charge in [-0.05, 0) is 48.0 Å². The molecular weight excluding hydrogens is 348 g/mol. The van der Waals surface area contributed by atoms with E-state index in [9.17, 15) is 9.59 Å². The highest BCUT2D eigenvalue weighted by Gasteiger charge is 2.26. The van der Waals surface area contributed by atoms with Crippen LogP contribution in [0.4, 0.5) is 0 Å². The molecule has 0 rings (SSSR count). The van der Waals surface area contributed by atoms with Crippen LogP contribution in [0.25, 0.3) is 0 Å². The quantitative estimate of drug-likeness (QED) is 0.256. The highest BCUT2D eigenvalue weighted by Crippen LogP contribution is 2.17. The van der Waals surface area contributed by atoms with E-state index >= 15 is 0 Å². The van der Waals surface area contributed by atoms with Gasteiger partial charge in [0.1, 0.15) is 5.60 Å². The third-order valence-electron chi connectivity index (χ3n) is 3.57. The van der Waals surface area contributed by atoms with Gasteiger partial charge < -0.3 is 4.89 Å². The number of carbonyl (C=O) groups excluding carboxylic acids is 2. The van der Waals surface area contributed by atoms with Gasteiger partial charge in [0.15, 0.2) is 0 Å². The van der Waals surface area contributed by atoms with E-state index < -0.39 is 17.0 Å². The minimum Gasteiger partial charge on any atom is -0.301 e. The van der Waals surface area contributed by atoms with Gasteiger partial charge in [0.2, 0.25) is 0 Å². The predicted molar refractivity (Wildman–Crippen MR) is 107 cm³/mol. The normalized spacial score (nSPS) is 11.4. The molecule has 0 aromatic heterocycles. The van der Waals surface area contributed by atoms with Crippen molar-refractivity contribution in [2.75, 3.05) is 0 Å². The third-order valence-corrected chi connectivity index (χ3v) is 3.57. The van der Waals surface area contributed by atoms with E-state index in [1.807, 2.05) is 20.8 Å². The Bertz CT molecular complexity index is 379. The van der Waals surface area contributed by atoms with E-state index in [1.165, 1.54) is 44.9 Å². The Morgan fingerprint density at radius 1 is 0.778 bits per heavy atom. The van der Waals surface area contributed by atoms with E-state index in [0.717, 1.165) is 12.8 Å². The van der Waals surface area contributed by atoms with Crippen molar-refractivity contribution < 1.29 is 29.5 Å². The van der Waals surface area contributed by atoms with Gasteiger partial charge in [-0.1, -0.05) is 58.3 Å². The number of hydrogen-bond donors (Lipinski definition) is 1.